The van der Waals surface area contributed by atoms with Crippen LogP contribution >= 0.6 is 0 Å². The van der Waals surface area contributed by atoms with Gasteiger partial charge in [0.1, 0.15) is 12.3 Å². The van der Waals surface area contributed by atoms with Crippen LogP contribution in [0.5, 0.6) is 5.75 Å². The Hall–Kier alpha value is -2.57. The number of amides is 2. The van der Waals surface area contributed by atoms with Crippen LogP contribution in [0.15, 0.2) is 24.3 Å². The number of nitrogens with one attached hydrogen (secondary N) is 1. The second-order valence-electron chi connectivity index (χ2n) is 6.45. The molecule has 0 saturated carbocycles. The molecule has 1 aromatic carbocycles. The second-order valence-corrected chi connectivity index (χ2v) is 6.45. The van der Waals surface area contributed by atoms with E-state index in [-0.39, 0.29) is 25.0 Å². The molecule has 1 fully saturated rings. The summed E-state index contributed by atoms with van der Waals surface area (Å²) in [5.41, 5.74) is 0.419. The molecule has 0 aromatic heterocycles. The summed E-state index contributed by atoms with van der Waals surface area (Å²) in [6.45, 7) is 3.30. The van der Waals surface area contributed by atoms with Crippen LogP contribution < -0.4 is 10.1 Å². The minimum Gasteiger partial charge on any atom is -0.494 e. The highest BCUT2D eigenvalue weighted by molar-refractivity contribution is 5.96. The Morgan fingerprint density at radius 3 is 2.26 bits per heavy atom. The van der Waals surface area contributed by atoms with Gasteiger partial charge in [0, 0.05) is 18.7 Å². The first-order chi connectivity index (χ1) is 13.1. The van der Waals surface area contributed by atoms with Crippen LogP contribution in [0.25, 0.3) is 0 Å². The fourth-order valence-corrected chi connectivity index (χ4v) is 2.91. The van der Waals surface area contributed by atoms with Gasteiger partial charge in [0.25, 0.3) is 11.8 Å². The summed E-state index contributed by atoms with van der Waals surface area (Å²) < 4.78 is 10.3. The van der Waals surface area contributed by atoms with Gasteiger partial charge in [-0.25, -0.2) is 0 Å². The highest BCUT2D eigenvalue weighted by atomic mass is 16.5. The predicted molar refractivity (Wildman–Crippen MR) is 101 cm³/mol. The average Bonchev–Trinajstić information content (AvgIpc) is 2.65. The predicted octanol–water partition coefficient (Wildman–Crippen LogP) is 2.15. The number of carbonyl (C=O) groups excluding carboxylic acids is 3. The smallest absolute Gasteiger partial charge is 0.325 e. The number of rotatable bonds is 7. The number of hydrogen-bond acceptors (Lipinski definition) is 5. The third-order valence-electron chi connectivity index (χ3n) is 4.39. The minimum atomic E-state index is -0.630. The van der Waals surface area contributed by atoms with Crippen molar-refractivity contribution in [3.8, 4) is 5.75 Å². The van der Waals surface area contributed by atoms with Gasteiger partial charge < -0.3 is 19.7 Å². The molecule has 0 unspecified atom stereocenters. The van der Waals surface area contributed by atoms with Crippen LogP contribution in [0, 0.1) is 0 Å². The Morgan fingerprint density at radius 2 is 1.63 bits per heavy atom. The first-order valence-electron chi connectivity index (χ1n) is 9.54. The van der Waals surface area contributed by atoms with Gasteiger partial charge in [0.05, 0.1) is 6.61 Å². The van der Waals surface area contributed by atoms with Gasteiger partial charge in [0.15, 0.2) is 6.61 Å². The average molecular weight is 376 g/mol. The van der Waals surface area contributed by atoms with E-state index in [1.807, 2.05) is 6.92 Å². The largest absolute Gasteiger partial charge is 0.494 e. The maximum atomic E-state index is 12.2. The highest BCUT2D eigenvalue weighted by Crippen LogP contribution is 2.12. The van der Waals surface area contributed by atoms with E-state index >= 15 is 0 Å². The summed E-state index contributed by atoms with van der Waals surface area (Å²) in [6.07, 6.45) is 5.43. The summed E-state index contributed by atoms with van der Waals surface area (Å²) in [5, 5.41) is 2.49. The fraction of sp³-hybridized carbons (Fsp3) is 0.550. The number of likely N-dealkylation sites (tertiary alicyclic amines) is 1. The Labute approximate surface area is 160 Å². The van der Waals surface area contributed by atoms with Gasteiger partial charge in [0.2, 0.25) is 0 Å². The van der Waals surface area contributed by atoms with E-state index < -0.39 is 5.97 Å². The first kappa shape index (κ1) is 20.7. The van der Waals surface area contributed by atoms with Crippen molar-refractivity contribution in [2.24, 2.45) is 0 Å². The third kappa shape index (κ3) is 7.29. The Bertz CT molecular complexity index is 622. The molecule has 1 aliphatic heterocycles. The quantitative estimate of drug-likeness (QED) is 0.737. The van der Waals surface area contributed by atoms with E-state index in [4.69, 9.17) is 9.47 Å². The van der Waals surface area contributed by atoms with Crippen molar-refractivity contribution in [2.75, 3.05) is 32.8 Å². The van der Waals surface area contributed by atoms with Crippen LogP contribution in [-0.4, -0.2) is 55.5 Å². The van der Waals surface area contributed by atoms with Gasteiger partial charge in [-0.1, -0.05) is 19.3 Å². The number of nitrogens with zero attached hydrogens (tertiary/aromatic N) is 1. The normalized spacial score (nSPS) is 14.6. The Morgan fingerprint density at radius 1 is 1.00 bits per heavy atom. The summed E-state index contributed by atoms with van der Waals surface area (Å²) >= 11 is 0. The molecule has 27 heavy (non-hydrogen) atoms. The van der Waals surface area contributed by atoms with Crippen molar-refractivity contribution < 1.29 is 23.9 Å². The lowest BCUT2D eigenvalue weighted by atomic mass is 10.1. The lowest BCUT2D eigenvalue weighted by Crippen LogP contribution is -2.38. The third-order valence-corrected chi connectivity index (χ3v) is 4.39. The van der Waals surface area contributed by atoms with E-state index in [2.05, 4.69) is 5.32 Å². The molecule has 0 spiro atoms. The molecule has 1 N–H and O–H groups in total. The molecular weight excluding hydrogens is 348 g/mol. The standard InChI is InChI=1S/C20H28N2O5/c1-2-26-17-10-8-16(9-11-17)20(25)21-14-19(24)27-15-18(23)22-12-6-4-3-5-7-13-22/h8-11H,2-7,12-15H2,1H3,(H,21,25). The van der Waals surface area contributed by atoms with Crippen molar-refractivity contribution in [1.82, 2.24) is 10.2 Å². The number of hydrogen-bond donors (Lipinski definition) is 1. The van der Waals surface area contributed by atoms with Crippen LogP contribution in [0.2, 0.25) is 0 Å². The van der Waals surface area contributed by atoms with Gasteiger partial charge in [-0.15, -0.1) is 0 Å². The summed E-state index contributed by atoms with van der Waals surface area (Å²) in [7, 11) is 0. The van der Waals surface area contributed by atoms with Crippen LogP contribution in [0.3, 0.4) is 0 Å². The zero-order chi connectivity index (χ0) is 19.5. The molecule has 1 heterocycles. The molecule has 7 heteroatoms. The molecule has 1 aliphatic rings. The maximum absolute atomic E-state index is 12.2. The number of ether oxygens (including phenoxy) is 2. The van der Waals surface area contributed by atoms with E-state index in [9.17, 15) is 14.4 Å². The molecule has 0 aliphatic carbocycles. The van der Waals surface area contributed by atoms with Crippen molar-refractivity contribution in [2.45, 2.75) is 39.0 Å². The lowest BCUT2D eigenvalue weighted by molar-refractivity contribution is -0.151. The first-order valence-corrected chi connectivity index (χ1v) is 9.54. The Balaban J connectivity index is 1.70. The number of esters is 1. The zero-order valence-corrected chi connectivity index (χ0v) is 15.9. The fourth-order valence-electron chi connectivity index (χ4n) is 2.91. The topological polar surface area (TPSA) is 84.9 Å². The van der Waals surface area contributed by atoms with Crippen LogP contribution in [0.1, 0.15) is 49.4 Å². The summed E-state index contributed by atoms with van der Waals surface area (Å²) in [6, 6.07) is 6.63. The van der Waals surface area contributed by atoms with Gasteiger partial charge in [-0.05, 0) is 44.0 Å². The zero-order valence-electron chi connectivity index (χ0n) is 15.9. The van der Waals surface area contributed by atoms with Crippen molar-refractivity contribution in [3.05, 3.63) is 29.8 Å². The Kier molecular flexibility index (Phi) is 8.61. The summed E-state index contributed by atoms with van der Waals surface area (Å²) in [4.78, 5) is 37.8. The lowest BCUT2D eigenvalue weighted by Gasteiger charge is -2.24. The maximum Gasteiger partial charge on any atom is 0.325 e. The molecule has 1 saturated heterocycles. The second kappa shape index (κ2) is 11.2. The molecule has 0 atom stereocenters. The number of carbonyl (C=O) groups is 3. The van der Waals surface area contributed by atoms with E-state index in [1.54, 1.807) is 29.2 Å². The SMILES string of the molecule is CCOc1ccc(C(=O)NCC(=O)OCC(=O)N2CCCCCCC2)cc1. The molecular formula is C20H28N2O5. The number of benzene rings is 1. The molecule has 2 rings (SSSR count). The molecule has 0 radical (unpaired) electrons. The van der Waals surface area contributed by atoms with E-state index in [1.165, 1.54) is 6.42 Å². The highest BCUT2D eigenvalue weighted by Gasteiger charge is 2.17. The van der Waals surface area contributed by atoms with Crippen molar-refractivity contribution >= 4 is 17.8 Å². The molecule has 0 bridgehead atoms. The van der Waals surface area contributed by atoms with Gasteiger partial charge >= 0.3 is 5.97 Å². The van der Waals surface area contributed by atoms with Crippen LogP contribution in [0.4, 0.5) is 0 Å². The van der Waals surface area contributed by atoms with Gasteiger partial charge in [-0.2, -0.15) is 0 Å². The molecule has 148 valence electrons. The molecule has 7 nitrogen and oxygen atoms in total. The van der Waals surface area contributed by atoms with Crippen molar-refractivity contribution in [1.29, 1.82) is 0 Å². The van der Waals surface area contributed by atoms with Crippen molar-refractivity contribution in [3.63, 3.8) is 0 Å². The van der Waals surface area contributed by atoms with E-state index in [0.29, 0.717) is 31.0 Å². The van der Waals surface area contributed by atoms with E-state index in [0.717, 1.165) is 25.7 Å². The molecule has 2 amide bonds. The monoisotopic (exact) mass is 376 g/mol. The molecule has 1 aromatic rings. The minimum absolute atomic E-state index is 0.178. The summed E-state index contributed by atoms with van der Waals surface area (Å²) in [5.74, 6) is -0.515. The van der Waals surface area contributed by atoms with Crippen LogP contribution in [-0.2, 0) is 14.3 Å². The van der Waals surface area contributed by atoms with Gasteiger partial charge in [-0.3, -0.25) is 14.4 Å².